The van der Waals surface area contributed by atoms with Gasteiger partial charge in [-0.1, -0.05) is 15.9 Å². The first-order valence-electron chi connectivity index (χ1n) is 6.56. The summed E-state index contributed by atoms with van der Waals surface area (Å²) >= 11 is 3.32. The van der Waals surface area contributed by atoms with E-state index in [1.54, 1.807) is 12.1 Å². The van der Waals surface area contributed by atoms with E-state index < -0.39 is 22.1 Å². The molecule has 2 rings (SSSR count). The summed E-state index contributed by atoms with van der Waals surface area (Å²) in [4.78, 5) is 11.0. The molecule has 21 heavy (non-hydrogen) atoms. The van der Waals surface area contributed by atoms with Crippen LogP contribution >= 0.6 is 15.9 Å². The lowest BCUT2D eigenvalue weighted by Gasteiger charge is -2.30. The summed E-state index contributed by atoms with van der Waals surface area (Å²) < 4.78 is 29.2. The predicted octanol–water partition coefficient (Wildman–Crippen LogP) is 2.21. The fourth-order valence-electron chi connectivity index (χ4n) is 2.37. The third-order valence-corrected chi connectivity index (χ3v) is 5.33. The summed E-state index contributed by atoms with van der Waals surface area (Å²) in [6, 6.07) is 5.27. The molecular weight excluding hydrogens is 360 g/mol. The summed E-state index contributed by atoms with van der Waals surface area (Å²) in [5, 5.41) is 9.04. The zero-order chi connectivity index (χ0) is 15.6. The smallest absolute Gasteiger partial charge is 0.307 e. The van der Waals surface area contributed by atoms with E-state index in [9.17, 15) is 13.2 Å². The van der Waals surface area contributed by atoms with Crippen molar-refractivity contribution >= 4 is 37.8 Å². The minimum absolute atomic E-state index is 0.0116. The second-order valence-electron chi connectivity index (χ2n) is 5.16. The van der Waals surface area contributed by atoms with Crippen LogP contribution in [0.4, 0.5) is 5.69 Å². The lowest BCUT2D eigenvalue weighted by Crippen LogP contribution is -2.44. The second-order valence-corrected chi connectivity index (χ2v) is 7.75. The van der Waals surface area contributed by atoms with Crippen molar-refractivity contribution in [3.05, 3.63) is 28.2 Å². The van der Waals surface area contributed by atoms with Crippen LogP contribution < -0.4 is 4.72 Å². The summed E-state index contributed by atoms with van der Waals surface area (Å²) in [6.07, 6.45) is 1.06. The fourth-order valence-corrected chi connectivity index (χ4v) is 4.27. The number of carbonyl (C=O) groups is 1. The molecule has 6 nitrogen and oxygen atoms in total. The van der Waals surface area contributed by atoms with Gasteiger partial charge in [0, 0.05) is 17.6 Å². The van der Waals surface area contributed by atoms with Gasteiger partial charge in [0.25, 0.3) is 0 Å². The van der Waals surface area contributed by atoms with E-state index in [-0.39, 0.29) is 6.54 Å². The third kappa shape index (κ3) is 4.18. The zero-order valence-electron chi connectivity index (χ0n) is 11.5. The molecule has 1 unspecified atom stereocenters. The Morgan fingerprint density at radius 2 is 2.14 bits per heavy atom. The van der Waals surface area contributed by atoms with Crippen LogP contribution in [0.3, 0.4) is 0 Å². The van der Waals surface area contributed by atoms with Crippen LogP contribution in [-0.4, -0.2) is 36.9 Å². The third-order valence-electron chi connectivity index (χ3n) is 3.36. The highest BCUT2D eigenvalue weighted by molar-refractivity contribution is 9.10. The van der Waals surface area contributed by atoms with Crippen molar-refractivity contribution < 1.29 is 18.3 Å². The number of carboxylic acid groups (broad SMARTS) is 1. The van der Waals surface area contributed by atoms with Gasteiger partial charge in [-0.15, -0.1) is 0 Å². The highest BCUT2D eigenvalue weighted by atomic mass is 79.9. The van der Waals surface area contributed by atoms with E-state index in [0.717, 1.165) is 10.0 Å². The van der Waals surface area contributed by atoms with Gasteiger partial charge in [-0.25, -0.2) is 0 Å². The van der Waals surface area contributed by atoms with Gasteiger partial charge in [0.15, 0.2) is 0 Å². The highest BCUT2D eigenvalue weighted by Gasteiger charge is 2.32. The van der Waals surface area contributed by atoms with Crippen molar-refractivity contribution in [1.82, 2.24) is 4.31 Å². The number of hydrogen-bond acceptors (Lipinski definition) is 3. The lowest BCUT2D eigenvalue weighted by atomic mass is 10.0. The Kier molecular flexibility index (Phi) is 4.90. The van der Waals surface area contributed by atoms with E-state index in [1.807, 2.05) is 13.0 Å². The number of hydrogen-bond donors (Lipinski definition) is 2. The number of halogens is 1. The van der Waals surface area contributed by atoms with Gasteiger partial charge in [-0.3, -0.25) is 9.52 Å². The summed E-state index contributed by atoms with van der Waals surface area (Å²) in [5.74, 6) is -1.59. The summed E-state index contributed by atoms with van der Waals surface area (Å²) in [5.41, 5.74) is 1.38. The van der Waals surface area contributed by atoms with Crippen LogP contribution in [0.25, 0.3) is 0 Å². The van der Waals surface area contributed by atoms with Crippen LogP contribution in [0.5, 0.6) is 0 Å². The van der Waals surface area contributed by atoms with Crippen LogP contribution in [0.15, 0.2) is 22.7 Å². The van der Waals surface area contributed by atoms with Gasteiger partial charge < -0.3 is 5.11 Å². The Hall–Kier alpha value is -1.12. The molecule has 1 aliphatic heterocycles. The number of aryl methyl sites for hydroxylation is 1. The zero-order valence-corrected chi connectivity index (χ0v) is 13.9. The molecule has 0 aromatic heterocycles. The molecule has 1 fully saturated rings. The largest absolute Gasteiger partial charge is 0.481 e. The number of anilines is 1. The van der Waals surface area contributed by atoms with Gasteiger partial charge in [0.1, 0.15) is 0 Å². The molecule has 0 radical (unpaired) electrons. The standard InChI is InChI=1S/C13H17BrN2O4S/c1-9-5-11(14)7-12(6-9)15-21(19,20)16-4-2-3-10(8-16)13(17)18/h5-7,10,15H,2-4,8H2,1H3,(H,17,18). The first-order chi connectivity index (χ1) is 9.78. The van der Waals surface area contributed by atoms with E-state index in [1.165, 1.54) is 4.31 Å². The normalized spacial score (nSPS) is 20.2. The Labute approximate surface area is 132 Å². The topological polar surface area (TPSA) is 86.7 Å². The Bertz CT molecular complexity index is 627. The SMILES string of the molecule is Cc1cc(Br)cc(NS(=O)(=O)N2CCCC(C(=O)O)C2)c1. The molecule has 0 amide bonds. The number of benzene rings is 1. The number of carboxylic acids is 1. The maximum Gasteiger partial charge on any atom is 0.307 e. The monoisotopic (exact) mass is 376 g/mol. The lowest BCUT2D eigenvalue weighted by molar-refractivity contribution is -0.142. The fraction of sp³-hybridized carbons (Fsp3) is 0.462. The second kappa shape index (κ2) is 6.33. The van der Waals surface area contributed by atoms with Gasteiger partial charge in [0.2, 0.25) is 0 Å². The molecule has 1 aromatic carbocycles. The average molecular weight is 377 g/mol. The van der Waals surface area contributed by atoms with E-state index >= 15 is 0 Å². The molecule has 116 valence electrons. The minimum atomic E-state index is -3.74. The quantitative estimate of drug-likeness (QED) is 0.843. The number of rotatable bonds is 4. The average Bonchev–Trinajstić information content (AvgIpc) is 2.37. The molecule has 0 spiro atoms. The molecule has 1 atom stereocenters. The maximum atomic E-state index is 12.4. The van der Waals surface area contributed by atoms with Crippen LogP contribution in [0, 0.1) is 12.8 Å². The maximum absolute atomic E-state index is 12.4. The van der Waals surface area contributed by atoms with Crippen LogP contribution in [0.1, 0.15) is 18.4 Å². The van der Waals surface area contributed by atoms with E-state index in [0.29, 0.717) is 25.1 Å². The van der Waals surface area contributed by atoms with Gasteiger partial charge >= 0.3 is 16.2 Å². The number of nitrogens with zero attached hydrogens (tertiary/aromatic N) is 1. The van der Waals surface area contributed by atoms with Crippen molar-refractivity contribution in [3.8, 4) is 0 Å². The molecule has 0 bridgehead atoms. The Morgan fingerprint density at radius 3 is 2.76 bits per heavy atom. The van der Waals surface area contributed by atoms with Crippen molar-refractivity contribution in [3.63, 3.8) is 0 Å². The van der Waals surface area contributed by atoms with E-state index in [2.05, 4.69) is 20.7 Å². The molecule has 2 N–H and O–H groups in total. The molecule has 1 aliphatic rings. The van der Waals surface area contributed by atoms with Crippen molar-refractivity contribution in [1.29, 1.82) is 0 Å². The first kappa shape index (κ1) is 16.3. The van der Waals surface area contributed by atoms with Gasteiger partial charge in [-0.2, -0.15) is 12.7 Å². The molecule has 1 heterocycles. The molecular formula is C13H17BrN2O4S. The molecule has 0 saturated carbocycles. The molecule has 1 aromatic rings. The summed E-state index contributed by atoms with van der Waals surface area (Å²) in [6.45, 7) is 2.22. The Balaban J connectivity index is 2.16. The molecule has 8 heteroatoms. The molecule has 0 aliphatic carbocycles. The van der Waals surface area contributed by atoms with Crippen molar-refractivity contribution in [2.75, 3.05) is 17.8 Å². The first-order valence-corrected chi connectivity index (χ1v) is 8.79. The number of aliphatic carboxylic acids is 1. The summed E-state index contributed by atoms with van der Waals surface area (Å²) in [7, 11) is -3.74. The van der Waals surface area contributed by atoms with E-state index in [4.69, 9.17) is 5.11 Å². The van der Waals surface area contributed by atoms with Gasteiger partial charge in [-0.05, 0) is 43.5 Å². The minimum Gasteiger partial charge on any atom is -0.481 e. The van der Waals surface area contributed by atoms with Crippen molar-refractivity contribution in [2.24, 2.45) is 5.92 Å². The highest BCUT2D eigenvalue weighted by Crippen LogP contribution is 2.23. The van der Waals surface area contributed by atoms with Crippen LogP contribution in [0.2, 0.25) is 0 Å². The number of piperidine rings is 1. The van der Waals surface area contributed by atoms with Crippen LogP contribution in [-0.2, 0) is 15.0 Å². The number of nitrogens with one attached hydrogen (secondary N) is 1. The van der Waals surface area contributed by atoms with Crippen molar-refractivity contribution in [2.45, 2.75) is 19.8 Å². The van der Waals surface area contributed by atoms with Gasteiger partial charge in [0.05, 0.1) is 11.6 Å². The molecule has 1 saturated heterocycles. The Morgan fingerprint density at radius 1 is 1.43 bits per heavy atom. The predicted molar refractivity (Wildman–Crippen MR) is 83.4 cm³/mol.